The van der Waals surface area contributed by atoms with E-state index in [-0.39, 0.29) is 76.1 Å². The predicted molar refractivity (Wildman–Crippen MR) is 224 cm³/mol. The van der Waals surface area contributed by atoms with Crippen LogP contribution >= 0.6 is 11.8 Å². The molecule has 0 aliphatic carbocycles. The summed E-state index contributed by atoms with van der Waals surface area (Å²) in [5.41, 5.74) is 11.3. The van der Waals surface area contributed by atoms with Crippen LogP contribution in [0.2, 0.25) is 0 Å². The molecule has 19 nitrogen and oxygen atoms in total. The summed E-state index contributed by atoms with van der Waals surface area (Å²) in [6, 6.07) is -0.734. The summed E-state index contributed by atoms with van der Waals surface area (Å²) in [6.45, 7) is 1.48. The Morgan fingerprint density at radius 1 is 0.780 bits per heavy atom. The van der Waals surface area contributed by atoms with Gasteiger partial charge in [0.15, 0.2) is 0 Å². The van der Waals surface area contributed by atoms with Crippen LogP contribution in [0.5, 0.6) is 0 Å². The second kappa shape index (κ2) is 29.6. The van der Waals surface area contributed by atoms with Gasteiger partial charge in [-0.1, -0.05) is 6.42 Å². The molecule has 0 spiro atoms. The molecule has 1 unspecified atom stereocenters. The molecule has 4 atom stereocenters. The number of unbranched alkanes of at least 4 members (excludes halogenated alkanes) is 3. The normalized spacial score (nSPS) is 17.6. The molecular formula is C39H71N9O10S. The highest BCUT2D eigenvalue weighted by Gasteiger charge is 2.42. The molecule has 0 saturated carbocycles. The zero-order valence-electron chi connectivity index (χ0n) is 35.7. The number of fused-ring (bicyclic) bond motifs is 1. The van der Waals surface area contributed by atoms with Gasteiger partial charge >= 0.3 is 0 Å². The first-order valence-electron chi connectivity index (χ1n) is 20.8. The van der Waals surface area contributed by atoms with Crippen LogP contribution in [0.1, 0.15) is 64.2 Å². The molecule has 2 aliphatic heterocycles. The Hall–Kier alpha value is -3.56. The van der Waals surface area contributed by atoms with Crippen molar-refractivity contribution in [2.24, 2.45) is 17.4 Å². The topological polar surface area (TPSA) is 248 Å². The summed E-state index contributed by atoms with van der Waals surface area (Å²) in [4.78, 5) is 95.9. The van der Waals surface area contributed by atoms with Crippen molar-refractivity contribution in [3.05, 3.63) is 0 Å². The van der Waals surface area contributed by atoms with Crippen molar-refractivity contribution in [1.82, 2.24) is 35.6 Å². The Morgan fingerprint density at radius 2 is 1.39 bits per heavy atom. The number of ether oxygens (including phenoxy) is 3. The zero-order chi connectivity index (χ0) is 43.6. The van der Waals surface area contributed by atoms with E-state index in [1.54, 1.807) is 19.1 Å². The summed E-state index contributed by atoms with van der Waals surface area (Å²) < 4.78 is 15.5. The largest absolute Gasteiger partial charge is 0.383 e. The SMILES string of the molecule is COCCN(C)CC(=O)N(CCCCN)CC(=O)N(CCOC)CC(=O)N(CCOC)CC(=O)N[C@@H](CCCCNC(=O)CCCCC1SC[C@@H]2CC(=O)N[C@H]12)C(N)=O. The number of carbonyl (C=O) groups excluding carboxylic acids is 7. The average molecular weight is 858 g/mol. The highest BCUT2D eigenvalue weighted by Crippen LogP contribution is 2.39. The van der Waals surface area contributed by atoms with Gasteiger partial charge in [0.1, 0.15) is 6.04 Å². The van der Waals surface area contributed by atoms with Gasteiger partial charge < -0.3 is 56.3 Å². The van der Waals surface area contributed by atoms with Crippen LogP contribution in [0, 0.1) is 5.92 Å². The number of thioether (sulfide) groups is 1. The number of nitrogens with one attached hydrogen (secondary N) is 3. The number of primary amides is 1. The maximum atomic E-state index is 13.7. The van der Waals surface area contributed by atoms with Crippen molar-refractivity contribution in [3.63, 3.8) is 0 Å². The number of amides is 7. The molecule has 338 valence electrons. The summed E-state index contributed by atoms with van der Waals surface area (Å²) in [5, 5.41) is 9.04. The molecule has 59 heavy (non-hydrogen) atoms. The average Bonchev–Trinajstić information content (AvgIpc) is 3.76. The summed E-state index contributed by atoms with van der Waals surface area (Å²) in [5.74, 6) is -1.06. The molecule has 2 saturated heterocycles. The van der Waals surface area contributed by atoms with Crippen LogP contribution < -0.4 is 27.4 Å². The fourth-order valence-corrected chi connectivity index (χ4v) is 8.58. The molecule has 20 heteroatoms. The van der Waals surface area contributed by atoms with E-state index in [4.69, 9.17) is 25.7 Å². The molecule has 2 heterocycles. The van der Waals surface area contributed by atoms with Crippen molar-refractivity contribution in [3.8, 4) is 0 Å². The van der Waals surface area contributed by atoms with E-state index in [9.17, 15) is 33.6 Å². The lowest BCUT2D eigenvalue weighted by molar-refractivity contribution is -0.146. The minimum Gasteiger partial charge on any atom is -0.383 e. The van der Waals surface area contributed by atoms with Gasteiger partial charge in [-0.15, -0.1) is 0 Å². The second-order valence-electron chi connectivity index (χ2n) is 15.2. The van der Waals surface area contributed by atoms with Crippen LogP contribution in [0.15, 0.2) is 0 Å². The van der Waals surface area contributed by atoms with Gasteiger partial charge in [0, 0.05) is 78.2 Å². The number of nitrogens with two attached hydrogens (primary N) is 2. The van der Waals surface area contributed by atoms with Crippen LogP contribution in [0.4, 0.5) is 0 Å². The first-order valence-corrected chi connectivity index (χ1v) is 21.8. The van der Waals surface area contributed by atoms with Crippen molar-refractivity contribution in [2.45, 2.75) is 81.5 Å². The molecule has 2 fully saturated rings. The van der Waals surface area contributed by atoms with Crippen LogP contribution in [0.25, 0.3) is 0 Å². The third-order valence-corrected chi connectivity index (χ3v) is 12.0. The zero-order valence-corrected chi connectivity index (χ0v) is 36.5. The van der Waals surface area contributed by atoms with Gasteiger partial charge in [0.25, 0.3) is 0 Å². The number of likely N-dealkylation sites (N-methyl/N-ethyl adjacent to an activating group) is 1. The first-order chi connectivity index (χ1) is 28.3. The second-order valence-corrected chi connectivity index (χ2v) is 16.5. The maximum absolute atomic E-state index is 13.7. The smallest absolute Gasteiger partial charge is 0.242 e. The number of rotatable bonds is 33. The number of nitrogens with zero attached hydrogens (tertiary/aromatic N) is 4. The van der Waals surface area contributed by atoms with E-state index in [1.807, 2.05) is 11.8 Å². The van der Waals surface area contributed by atoms with E-state index in [0.717, 1.165) is 25.0 Å². The van der Waals surface area contributed by atoms with Gasteiger partial charge in [-0.25, -0.2) is 0 Å². The van der Waals surface area contributed by atoms with Gasteiger partial charge in [0.2, 0.25) is 41.4 Å². The van der Waals surface area contributed by atoms with Gasteiger partial charge in [-0.3, -0.25) is 38.5 Å². The molecule has 0 aromatic rings. The lowest BCUT2D eigenvalue weighted by Crippen LogP contribution is -2.52. The third kappa shape index (κ3) is 20.5. The molecule has 0 bridgehead atoms. The van der Waals surface area contributed by atoms with Crippen molar-refractivity contribution >= 4 is 53.1 Å². The summed E-state index contributed by atoms with van der Waals surface area (Å²) in [7, 11) is 6.28. The van der Waals surface area contributed by atoms with E-state index in [0.29, 0.717) is 82.5 Å². The van der Waals surface area contributed by atoms with Crippen molar-refractivity contribution in [2.75, 3.05) is 119 Å². The third-order valence-electron chi connectivity index (χ3n) is 10.4. The van der Waals surface area contributed by atoms with Gasteiger partial charge in [-0.05, 0) is 70.2 Å². The van der Waals surface area contributed by atoms with E-state index < -0.39 is 36.2 Å². The minimum absolute atomic E-state index is 0.0340. The fourth-order valence-electron chi connectivity index (χ4n) is 6.93. The first kappa shape index (κ1) is 51.6. The maximum Gasteiger partial charge on any atom is 0.242 e. The van der Waals surface area contributed by atoms with E-state index in [2.05, 4.69) is 16.0 Å². The van der Waals surface area contributed by atoms with Crippen LogP contribution in [0.3, 0.4) is 0 Å². The number of hydrogen-bond acceptors (Lipinski definition) is 13. The van der Waals surface area contributed by atoms with Crippen LogP contribution in [-0.4, -0.2) is 198 Å². The Kier molecular flexibility index (Phi) is 25.9. The van der Waals surface area contributed by atoms with Crippen molar-refractivity contribution < 1.29 is 47.8 Å². The monoisotopic (exact) mass is 858 g/mol. The highest BCUT2D eigenvalue weighted by molar-refractivity contribution is 8.00. The van der Waals surface area contributed by atoms with Gasteiger partial charge in [-0.2, -0.15) is 11.8 Å². The minimum atomic E-state index is -0.994. The Balaban J connectivity index is 1.87. The fraction of sp³-hybridized carbons (Fsp3) is 0.821. The molecular weight excluding hydrogens is 787 g/mol. The molecule has 7 N–H and O–H groups in total. The molecule has 7 amide bonds. The predicted octanol–water partition coefficient (Wildman–Crippen LogP) is -1.48. The number of methoxy groups -OCH3 is 3. The van der Waals surface area contributed by atoms with Crippen molar-refractivity contribution in [1.29, 1.82) is 0 Å². The van der Waals surface area contributed by atoms with E-state index in [1.165, 1.54) is 28.9 Å². The summed E-state index contributed by atoms with van der Waals surface area (Å²) >= 11 is 1.91. The lowest BCUT2D eigenvalue weighted by atomic mass is 9.97. The molecule has 2 aliphatic rings. The molecule has 0 aromatic carbocycles. The van der Waals surface area contributed by atoms with E-state index >= 15 is 0 Å². The standard InChI is InChI=1S/C39H71N9O10S/c1-45(17-20-56-2)25-35(52)46(16-10-8-14-40)26-37(54)48(19-22-58-4)27-36(53)47(18-21-57-3)24-34(51)43-30(39(41)55)11-7-9-15-42-32(49)13-6-5-12-31-38-29(28-59-31)23-33(50)44-38/h29-31,38H,5-28,40H2,1-4H3,(H2,41,55)(H,42,49)(H,43,51)(H,44,50)/t29-,30-,31?,38-/m0/s1. The lowest BCUT2D eigenvalue weighted by Gasteiger charge is -2.30. The Labute approximate surface area is 354 Å². The number of carbonyl (C=O) groups is 7. The summed E-state index contributed by atoms with van der Waals surface area (Å²) in [6.07, 6.45) is 6.25. The quantitative estimate of drug-likeness (QED) is 0.0474. The van der Waals surface area contributed by atoms with Gasteiger partial charge in [0.05, 0.1) is 46.0 Å². The number of hydrogen-bond donors (Lipinski definition) is 5. The highest BCUT2D eigenvalue weighted by atomic mass is 32.2. The molecule has 0 aromatic heterocycles. The molecule has 2 rings (SSSR count). The molecule has 0 radical (unpaired) electrons. The Bertz CT molecular complexity index is 1330. The van der Waals surface area contributed by atoms with Crippen LogP contribution in [-0.2, 0) is 47.8 Å². The Morgan fingerprint density at radius 3 is 2.02 bits per heavy atom.